The fraction of sp³-hybridized carbons (Fsp3) is 0.675. The third kappa shape index (κ3) is 12.7. The van der Waals surface area contributed by atoms with E-state index in [1.54, 1.807) is 27.8 Å². The number of imide groups is 1. The predicted octanol–water partition coefficient (Wildman–Crippen LogP) is 5.19. The van der Waals surface area contributed by atoms with Crippen molar-refractivity contribution in [3.63, 3.8) is 0 Å². The van der Waals surface area contributed by atoms with Crippen LogP contribution in [0.3, 0.4) is 0 Å². The molecule has 1 heterocycles. The summed E-state index contributed by atoms with van der Waals surface area (Å²) in [5, 5.41) is 17.8. The molecule has 288 valence electrons. The molecule has 0 radical (unpaired) electrons. The number of hydrogen-bond donors (Lipinski definition) is 5. The third-order valence-corrected chi connectivity index (χ3v) is 10.6. The summed E-state index contributed by atoms with van der Waals surface area (Å²) in [5.74, 6) is -1.20. The molecule has 0 aliphatic heterocycles. The average Bonchev–Trinajstić information content (AvgIpc) is 3.64. The Labute approximate surface area is 309 Å². The van der Waals surface area contributed by atoms with Crippen LogP contribution in [0.1, 0.15) is 115 Å². The lowest BCUT2D eigenvalue weighted by atomic mass is 9.79. The summed E-state index contributed by atoms with van der Waals surface area (Å²) in [7, 11) is 1.62. The van der Waals surface area contributed by atoms with Crippen LogP contribution < -0.4 is 16.4 Å². The van der Waals surface area contributed by atoms with Crippen molar-refractivity contribution in [1.29, 1.82) is 0 Å². The number of nitrogens with two attached hydrogens (primary N) is 1. The van der Waals surface area contributed by atoms with Crippen LogP contribution in [0.15, 0.2) is 42.9 Å². The van der Waals surface area contributed by atoms with E-state index in [4.69, 9.17) is 10.5 Å². The second-order valence-electron chi connectivity index (χ2n) is 16.0. The van der Waals surface area contributed by atoms with E-state index >= 15 is 0 Å². The van der Waals surface area contributed by atoms with E-state index < -0.39 is 53.7 Å². The van der Waals surface area contributed by atoms with Crippen molar-refractivity contribution in [3.05, 3.63) is 54.1 Å². The minimum atomic E-state index is -1.37. The first-order valence-corrected chi connectivity index (χ1v) is 19.4. The number of aliphatic hydroxyl groups excluding tert-OH is 1. The van der Waals surface area contributed by atoms with Crippen LogP contribution in [-0.4, -0.2) is 80.7 Å². The van der Waals surface area contributed by atoms with Crippen LogP contribution >= 0.6 is 0 Å². The number of ether oxygens (including phenoxy) is 1. The Morgan fingerprint density at radius 1 is 0.942 bits per heavy atom. The van der Waals surface area contributed by atoms with E-state index in [2.05, 4.69) is 20.6 Å². The summed E-state index contributed by atoms with van der Waals surface area (Å²) in [4.78, 5) is 63.9. The number of amides is 4. The fourth-order valence-electron chi connectivity index (χ4n) is 7.89. The maximum atomic E-state index is 14.6. The molecule has 12 heteroatoms. The van der Waals surface area contributed by atoms with Gasteiger partial charge in [0.15, 0.2) is 0 Å². The van der Waals surface area contributed by atoms with Crippen LogP contribution in [0.4, 0.5) is 4.79 Å². The van der Waals surface area contributed by atoms with Gasteiger partial charge in [0.1, 0.15) is 11.6 Å². The Morgan fingerprint density at radius 3 is 2.12 bits per heavy atom. The standard InChI is InChI=1S/C40H62N6O6/c1-40(2,3)52-39(51)46(38(50)32(41)21-28-16-10-6-11-17-28)34(24-31-25-43-26-44-31)37(49)45-33(22-29-18-12-7-13-19-29)35(47)23-30(36(48)42-4)20-27-14-8-5-9-15-27/h6,10-11,16-17,25-27,29-30,32-35,47H,5,7-9,12-15,18-24,41H2,1-4H3,(H,42,48)(H,43,44)(H,45,49)/t30-,32+,33+,34+,35+/m1/s1. The van der Waals surface area contributed by atoms with Crippen LogP contribution in [0.2, 0.25) is 0 Å². The maximum Gasteiger partial charge on any atom is 0.417 e. The monoisotopic (exact) mass is 722 g/mol. The van der Waals surface area contributed by atoms with Crippen LogP contribution in [0.5, 0.6) is 0 Å². The quantitative estimate of drug-likeness (QED) is 0.157. The number of aromatic amines is 1. The lowest BCUT2D eigenvalue weighted by Gasteiger charge is -2.36. The van der Waals surface area contributed by atoms with E-state index in [1.165, 1.54) is 18.9 Å². The molecule has 2 aliphatic carbocycles. The predicted molar refractivity (Wildman–Crippen MR) is 200 cm³/mol. The molecule has 2 saturated carbocycles. The first kappa shape index (κ1) is 41.0. The van der Waals surface area contributed by atoms with Crippen molar-refractivity contribution in [1.82, 2.24) is 25.5 Å². The van der Waals surface area contributed by atoms with Gasteiger partial charge in [-0.05, 0) is 63.9 Å². The van der Waals surface area contributed by atoms with Gasteiger partial charge in [-0.1, -0.05) is 94.5 Å². The molecule has 0 bridgehead atoms. The van der Waals surface area contributed by atoms with Crippen LogP contribution in [0, 0.1) is 17.8 Å². The van der Waals surface area contributed by atoms with Gasteiger partial charge in [-0.2, -0.15) is 0 Å². The van der Waals surface area contributed by atoms with Crippen molar-refractivity contribution in [2.45, 2.75) is 147 Å². The molecule has 5 atom stereocenters. The second-order valence-corrected chi connectivity index (χ2v) is 16.0. The van der Waals surface area contributed by atoms with Crippen molar-refractivity contribution in [3.8, 4) is 0 Å². The molecule has 2 aromatic rings. The highest BCUT2D eigenvalue weighted by molar-refractivity contribution is 6.00. The van der Waals surface area contributed by atoms with Crippen molar-refractivity contribution in [2.24, 2.45) is 23.5 Å². The summed E-state index contributed by atoms with van der Waals surface area (Å²) in [6.07, 6.45) is 13.3. The molecule has 0 saturated heterocycles. The summed E-state index contributed by atoms with van der Waals surface area (Å²) in [6, 6.07) is 6.00. The number of carbonyl (C=O) groups excluding carboxylic acids is 4. The highest BCUT2D eigenvalue weighted by Gasteiger charge is 2.42. The van der Waals surface area contributed by atoms with Crippen LogP contribution in [-0.2, 0) is 32.0 Å². The van der Waals surface area contributed by atoms with Gasteiger partial charge >= 0.3 is 6.09 Å². The summed E-state index contributed by atoms with van der Waals surface area (Å²) in [6.45, 7) is 5.07. The van der Waals surface area contributed by atoms with Gasteiger partial charge in [0.2, 0.25) is 17.7 Å². The van der Waals surface area contributed by atoms with Crippen molar-refractivity contribution < 1.29 is 29.0 Å². The van der Waals surface area contributed by atoms with Gasteiger partial charge in [0.25, 0.3) is 0 Å². The first-order valence-electron chi connectivity index (χ1n) is 19.4. The normalized spacial score (nSPS) is 18.7. The van der Waals surface area contributed by atoms with Crippen molar-refractivity contribution >= 4 is 23.8 Å². The smallest absolute Gasteiger partial charge is 0.417 e. The van der Waals surface area contributed by atoms with Gasteiger partial charge in [-0.25, -0.2) is 14.7 Å². The first-order chi connectivity index (χ1) is 24.8. The highest BCUT2D eigenvalue weighted by atomic mass is 16.6. The van der Waals surface area contributed by atoms with Gasteiger partial charge in [-0.15, -0.1) is 0 Å². The Bertz CT molecular complexity index is 1400. The van der Waals surface area contributed by atoms with Gasteiger partial charge in [0.05, 0.1) is 24.5 Å². The molecular weight excluding hydrogens is 660 g/mol. The topological polar surface area (TPSA) is 180 Å². The lowest BCUT2D eigenvalue weighted by molar-refractivity contribution is -0.141. The zero-order valence-corrected chi connectivity index (χ0v) is 31.6. The number of nitrogens with one attached hydrogen (secondary N) is 3. The molecule has 0 spiro atoms. The molecule has 52 heavy (non-hydrogen) atoms. The van der Waals surface area contributed by atoms with Gasteiger partial charge in [0, 0.05) is 31.3 Å². The minimum Gasteiger partial charge on any atom is -0.443 e. The largest absolute Gasteiger partial charge is 0.443 e. The SMILES string of the molecule is CNC(=O)[C@H](CC1CCCCC1)C[C@H](O)[C@H](CC1CCCCC1)NC(=O)[C@H](Cc1cnc[nH]1)N(C(=O)OC(C)(C)C)C(=O)[C@@H](N)Cc1ccccc1. The molecule has 1 aromatic heterocycles. The molecule has 1 aromatic carbocycles. The molecular formula is C40H62N6O6. The molecule has 4 rings (SSSR count). The zero-order valence-electron chi connectivity index (χ0n) is 31.6. The van der Waals surface area contributed by atoms with Gasteiger partial charge < -0.3 is 31.2 Å². The Morgan fingerprint density at radius 2 is 1.56 bits per heavy atom. The average molecular weight is 723 g/mol. The van der Waals surface area contributed by atoms with E-state index in [9.17, 15) is 24.3 Å². The summed E-state index contributed by atoms with van der Waals surface area (Å²) in [5.41, 5.74) is 6.83. The third-order valence-electron chi connectivity index (χ3n) is 10.6. The Balaban J connectivity index is 1.65. The molecule has 2 fully saturated rings. The maximum absolute atomic E-state index is 14.6. The number of rotatable bonds is 16. The van der Waals surface area contributed by atoms with E-state index in [0.717, 1.165) is 68.3 Å². The highest BCUT2D eigenvalue weighted by Crippen LogP contribution is 2.33. The molecule has 2 aliphatic rings. The number of aliphatic hydroxyl groups is 1. The minimum absolute atomic E-state index is 0.0797. The number of nitrogens with zero attached hydrogens (tertiary/aromatic N) is 2. The zero-order chi connectivity index (χ0) is 37.7. The lowest BCUT2D eigenvalue weighted by Crippen LogP contribution is -2.60. The number of benzene rings is 1. The number of H-pyrrole nitrogens is 1. The molecule has 12 nitrogen and oxygen atoms in total. The summed E-state index contributed by atoms with van der Waals surface area (Å²) >= 11 is 0. The Hall–Kier alpha value is -3.77. The number of hydrogen-bond acceptors (Lipinski definition) is 8. The number of carbonyl (C=O) groups is 4. The Kier molecular flexibility index (Phi) is 15.7. The van der Waals surface area contributed by atoms with Crippen molar-refractivity contribution in [2.75, 3.05) is 7.05 Å². The molecule has 6 N–H and O–H groups in total. The number of aromatic nitrogens is 2. The van der Waals surface area contributed by atoms with Gasteiger partial charge in [-0.3, -0.25) is 14.4 Å². The molecule has 4 amide bonds. The number of imidazole rings is 1. The van der Waals surface area contributed by atoms with E-state index in [-0.39, 0.29) is 31.1 Å². The van der Waals surface area contributed by atoms with E-state index in [1.807, 2.05) is 30.3 Å². The fourth-order valence-corrected chi connectivity index (χ4v) is 7.89. The van der Waals surface area contributed by atoms with E-state index in [0.29, 0.717) is 24.5 Å². The summed E-state index contributed by atoms with van der Waals surface area (Å²) < 4.78 is 5.72. The molecule has 0 unspecified atom stereocenters. The second kappa shape index (κ2) is 19.9. The van der Waals surface area contributed by atoms with Crippen LogP contribution in [0.25, 0.3) is 0 Å².